The quantitative estimate of drug-likeness (QED) is 0.684. The molecule has 0 unspecified atom stereocenters. The summed E-state index contributed by atoms with van der Waals surface area (Å²) in [5.41, 5.74) is -0.463. The van der Waals surface area contributed by atoms with Gasteiger partial charge in [0.1, 0.15) is 11.4 Å². The Hall–Kier alpha value is -1.06. The number of ketones is 1. The molecular weight excluding hydrogens is 206 g/mol. The molecule has 2 aliphatic heterocycles. The normalized spacial score (nSPS) is 32.2. The van der Waals surface area contributed by atoms with Crippen LogP contribution < -0.4 is 0 Å². The topological polar surface area (TPSA) is 46.6 Å². The molecule has 0 N–H and O–H groups in total. The molecule has 90 valence electrons. The van der Waals surface area contributed by atoms with E-state index in [4.69, 9.17) is 4.74 Å². The number of rotatable bonds is 1. The monoisotopic (exact) mass is 225 g/mol. The molecule has 1 amide bonds. The molecule has 2 saturated heterocycles. The Morgan fingerprint density at radius 2 is 1.94 bits per heavy atom. The van der Waals surface area contributed by atoms with Crippen LogP contribution >= 0.6 is 0 Å². The van der Waals surface area contributed by atoms with Crippen LogP contribution in [0.5, 0.6) is 0 Å². The van der Waals surface area contributed by atoms with Gasteiger partial charge in [-0.05, 0) is 40.0 Å². The Bertz CT molecular complexity index is 332. The zero-order valence-electron chi connectivity index (χ0n) is 10.3. The van der Waals surface area contributed by atoms with Gasteiger partial charge in [0, 0.05) is 18.5 Å². The second-order valence-electron chi connectivity index (χ2n) is 5.83. The van der Waals surface area contributed by atoms with E-state index in [1.165, 1.54) is 0 Å². The molecule has 0 spiro atoms. The lowest BCUT2D eigenvalue weighted by atomic mass is 9.72. The summed E-state index contributed by atoms with van der Waals surface area (Å²) >= 11 is 0. The first-order valence-corrected chi connectivity index (χ1v) is 5.79. The zero-order chi connectivity index (χ0) is 12.1. The standard InChI is InChI=1S/C12H19NO3/c1-7(14)10-8-5-9(10)13(6-8)11(15)16-12(2,3)4/h8-10H,5-6H2,1-4H3/t8-,9-,10-/m1/s1. The van der Waals surface area contributed by atoms with Gasteiger partial charge in [0.25, 0.3) is 0 Å². The van der Waals surface area contributed by atoms with Crippen molar-refractivity contribution >= 4 is 11.9 Å². The van der Waals surface area contributed by atoms with Gasteiger partial charge >= 0.3 is 6.09 Å². The fourth-order valence-electron chi connectivity index (χ4n) is 2.75. The summed E-state index contributed by atoms with van der Waals surface area (Å²) in [5, 5.41) is 0. The third-order valence-electron chi connectivity index (χ3n) is 3.40. The summed E-state index contributed by atoms with van der Waals surface area (Å²) in [5.74, 6) is 0.634. The van der Waals surface area contributed by atoms with E-state index in [9.17, 15) is 9.59 Å². The largest absolute Gasteiger partial charge is 0.444 e. The molecule has 2 heterocycles. The van der Waals surface area contributed by atoms with Gasteiger partial charge in [-0.25, -0.2) is 4.79 Å². The van der Waals surface area contributed by atoms with Crippen LogP contribution in [0.3, 0.4) is 0 Å². The SMILES string of the molecule is CC(=O)[C@@H]1[C@@H]2C[C@H]1N(C(=O)OC(C)(C)C)C2. The fourth-order valence-corrected chi connectivity index (χ4v) is 2.75. The minimum Gasteiger partial charge on any atom is -0.444 e. The van der Waals surface area contributed by atoms with E-state index in [0.29, 0.717) is 12.5 Å². The Kier molecular flexibility index (Phi) is 2.48. The molecular formula is C12H19NO3. The highest BCUT2D eigenvalue weighted by Gasteiger charge is 2.56. The van der Waals surface area contributed by atoms with Crippen molar-refractivity contribution in [1.29, 1.82) is 0 Å². The molecule has 3 rings (SSSR count). The molecule has 0 aromatic carbocycles. The van der Waals surface area contributed by atoms with E-state index in [2.05, 4.69) is 0 Å². The Balaban J connectivity index is 1.99. The van der Waals surface area contributed by atoms with Crippen molar-refractivity contribution in [3.8, 4) is 0 Å². The van der Waals surface area contributed by atoms with E-state index in [0.717, 1.165) is 6.42 Å². The van der Waals surface area contributed by atoms with Crippen LogP contribution in [0.1, 0.15) is 34.1 Å². The van der Waals surface area contributed by atoms with Crippen LogP contribution in [0.15, 0.2) is 0 Å². The van der Waals surface area contributed by atoms with Crippen molar-refractivity contribution in [3.63, 3.8) is 0 Å². The molecule has 16 heavy (non-hydrogen) atoms. The highest BCUT2D eigenvalue weighted by Crippen LogP contribution is 2.47. The van der Waals surface area contributed by atoms with E-state index >= 15 is 0 Å². The van der Waals surface area contributed by atoms with Crippen molar-refractivity contribution in [2.24, 2.45) is 11.8 Å². The van der Waals surface area contributed by atoms with Crippen LogP contribution in [0.4, 0.5) is 4.79 Å². The molecule has 0 aromatic heterocycles. The average molecular weight is 225 g/mol. The van der Waals surface area contributed by atoms with Crippen molar-refractivity contribution in [2.75, 3.05) is 6.54 Å². The van der Waals surface area contributed by atoms with Gasteiger partial charge in [-0.3, -0.25) is 4.79 Å². The van der Waals surface area contributed by atoms with Gasteiger partial charge in [0.15, 0.2) is 0 Å². The first kappa shape index (κ1) is 11.4. The number of Topliss-reactive ketones (excluding diaryl/α,β-unsaturated/α-hetero) is 1. The number of ether oxygens (including phenoxy) is 1. The van der Waals surface area contributed by atoms with Gasteiger partial charge in [-0.1, -0.05) is 0 Å². The van der Waals surface area contributed by atoms with Crippen molar-refractivity contribution in [3.05, 3.63) is 0 Å². The number of hydrogen-bond acceptors (Lipinski definition) is 3. The van der Waals surface area contributed by atoms with Crippen LogP contribution in [0.25, 0.3) is 0 Å². The maximum atomic E-state index is 11.9. The van der Waals surface area contributed by atoms with Crippen LogP contribution in [0, 0.1) is 11.8 Å². The average Bonchev–Trinajstić information content (AvgIpc) is 2.53. The number of hydrogen-bond donors (Lipinski definition) is 0. The Morgan fingerprint density at radius 1 is 1.31 bits per heavy atom. The van der Waals surface area contributed by atoms with Crippen molar-refractivity contribution in [2.45, 2.75) is 45.8 Å². The minimum absolute atomic E-state index is 0.0625. The van der Waals surface area contributed by atoms with Gasteiger partial charge in [0.2, 0.25) is 0 Å². The molecule has 1 aliphatic carbocycles. The molecule has 3 aliphatic rings. The fraction of sp³-hybridized carbons (Fsp3) is 0.833. The van der Waals surface area contributed by atoms with E-state index in [1.807, 2.05) is 20.8 Å². The van der Waals surface area contributed by atoms with Crippen LogP contribution in [-0.2, 0) is 9.53 Å². The van der Waals surface area contributed by atoms with Gasteiger partial charge in [-0.15, -0.1) is 0 Å². The molecule has 3 fully saturated rings. The predicted molar refractivity (Wildman–Crippen MR) is 59.0 cm³/mol. The van der Waals surface area contributed by atoms with Gasteiger partial charge in [0.05, 0.1) is 0 Å². The zero-order valence-corrected chi connectivity index (χ0v) is 10.3. The van der Waals surface area contributed by atoms with Crippen LogP contribution in [-0.4, -0.2) is 35.0 Å². The summed E-state index contributed by atoms with van der Waals surface area (Å²) in [6.07, 6.45) is 0.687. The second kappa shape index (κ2) is 3.47. The maximum absolute atomic E-state index is 11.9. The number of carbonyl (C=O) groups is 2. The number of amides is 1. The summed E-state index contributed by atoms with van der Waals surface area (Å²) in [4.78, 5) is 24.9. The van der Waals surface area contributed by atoms with E-state index < -0.39 is 5.60 Å². The molecule has 2 bridgehead atoms. The number of carbonyl (C=O) groups excluding carboxylic acids is 2. The highest BCUT2D eigenvalue weighted by atomic mass is 16.6. The summed E-state index contributed by atoms with van der Waals surface area (Å²) in [6.45, 7) is 7.86. The summed E-state index contributed by atoms with van der Waals surface area (Å²) in [7, 11) is 0. The first-order valence-electron chi connectivity index (χ1n) is 5.79. The van der Waals surface area contributed by atoms with Gasteiger partial charge in [-0.2, -0.15) is 0 Å². The van der Waals surface area contributed by atoms with Crippen molar-refractivity contribution in [1.82, 2.24) is 4.90 Å². The maximum Gasteiger partial charge on any atom is 0.410 e. The van der Waals surface area contributed by atoms with E-state index in [1.54, 1.807) is 11.8 Å². The third-order valence-corrected chi connectivity index (χ3v) is 3.40. The Labute approximate surface area is 95.9 Å². The molecule has 3 atom stereocenters. The lowest BCUT2D eigenvalue weighted by molar-refractivity contribution is -0.125. The lowest BCUT2D eigenvalue weighted by Crippen LogP contribution is -2.45. The lowest BCUT2D eigenvalue weighted by Gasteiger charge is -2.34. The van der Waals surface area contributed by atoms with Crippen molar-refractivity contribution < 1.29 is 14.3 Å². The summed E-state index contributed by atoms with van der Waals surface area (Å²) in [6, 6.07) is 0.0948. The van der Waals surface area contributed by atoms with E-state index in [-0.39, 0.29) is 23.8 Å². The van der Waals surface area contributed by atoms with Gasteiger partial charge < -0.3 is 9.64 Å². The molecule has 1 saturated carbocycles. The molecule has 4 heteroatoms. The third kappa shape index (κ3) is 1.81. The molecule has 0 radical (unpaired) electrons. The molecule has 4 nitrogen and oxygen atoms in total. The number of nitrogens with zero attached hydrogens (tertiary/aromatic N) is 1. The predicted octanol–water partition coefficient (Wildman–Crippen LogP) is 1.83. The molecule has 0 aromatic rings. The second-order valence-corrected chi connectivity index (χ2v) is 5.83. The van der Waals surface area contributed by atoms with Crippen LogP contribution in [0.2, 0.25) is 0 Å². The Morgan fingerprint density at radius 3 is 2.38 bits per heavy atom. The minimum atomic E-state index is -0.463. The first-order chi connectivity index (χ1) is 7.29. The summed E-state index contributed by atoms with van der Waals surface area (Å²) < 4.78 is 5.32. The number of fused-ring (bicyclic) bond motifs is 1. The smallest absolute Gasteiger partial charge is 0.410 e. The highest BCUT2D eigenvalue weighted by molar-refractivity contribution is 5.83.